The number of carbonyl (C=O) groups is 2. The molecule has 164 valence electrons. The molecule has 3 aromatic carbocycles. The Balaban J connectivity index is 1.47. The number of halogens is 2. The smallest absolute Gasteiger partial charge is 0.240 e. The predicted octanol–water partition coefficient (Wildman–Crippen LogP) is 5.44. The van der Waals surface area contributed by atoms with E-state index in [-0.39, 0.29) is 24.7 Å². The lowest BCUT2D eigenvalue weighted by Gasteiger charge is -2.10. The van der Waals surface area contributed by atoms with Gasteiger partial charge in [-0.25, -0.2) is 5.43 Å². The maximum atomic E-state index is 12.0. The molecule has 0 unspecified atom stereocenters. The van der Waals surface area contributed by atoms with Crippen molar-refractivity contribution >= 4 is 46.9 Å². The van der Waals surface area contributed by atoms with Crippen LogP contribution in [0.5, 0.6) is 5.75 Å². The Morgan fingerprint density at radius 1 is 0.906 bits per heavy atom. The Labute approximate surface area is 196 Å². The van der Waals surface area contributed by atoms with Gasteiger partial charge in [0, 0.05) is 39.7 Å². The molecule has 0 aliphatic rings. The van der Waals surface area contributed by atoms with Gasteiger partial charge in [-0.1, -0.05) is 59.6 Å². The number of hydrazone groups is 1. The molecule has 0 aliphatic carbocycles. The molecule has 3 rings (SSSR count). The number of carbonyl (C=O) groups excluding carboxylic acids is 2. The van der Waals surface area contributed by atoms with Crippen LogP contribution in [0.15, 0.2) is 77.9 Å². The van der Waals surface area contributed by atoms with E-state index in [4.69, 9.17) is 27.9 Å². The quantitative estimate of drug-likeness (QED) is 0.323. The highest BCUT2D eigenvalue weighted by Gasteiger charge is 2.08. The summed E-state index contributed by atoms with van der Waals surface area (Å²) in [5.74, 6) is -0.0620. The second-order valence-electron chi connectivity index (χ2n) is 6.77. The van der Waals surface area contributed by atoms with Gasteiger partial charge in [-0.15, -0.1) is 0 Å². The number of anilines is 1. The topological polar surface area (TPSA) is 79.8 Å². The number of nitrogens with one attached hydrogen (secondary N) is 2. The molecule has 8 heteroatoms. The summed E-state index contributed by atoms with van der Waals surface area (Å²) in [5, 5.41) is 7.81. The van der Waals surface area contributed by atoms with Crippen LogP contribution >= 0.6 is 23.2 Å². The van der Waals surface area contributed by atoms with Crippen molar-refractivity contribution in [2.24, 2.45) is 5.10 Å². The maximum Gasteiger partial charge on any atom is 0.240 e. The first kappa shape index (κ1) is 23.3. The van der Waals surface area contributed by atoms with Crippen LogP contribution in [0.4, 0.5) is 5.69 Å². The van der Waals surface area contributed by atoms with Crippen LogP contribution in [0.2, 0.25) is 10.0 Å². The summed E-state index contributed by atoms with van der Waals surface area (Å²) in [5.41, 5.74) is 4.56. The van der Waals surface area contributed by atoms with E-state index in [0.717, 1.165) is 5.56 Å². The van der Waals surface area contributed by atoms with Gasteiger partial charge in [0.25, 0.3) is 0 Å². The van der Waals surface area contributed by atoms with Crippen molar-refractivity contribution in [3.63, 3.8) is 0 Å². The lowest BCUT2D eigenvalue weighted by Crippen LogP contribution is -2.20. The van der Waals surface area contributed by atoms with Crippen LogP contribution in [0.1, 0.15) is 24.0 Å². The average Bonchev–Trinajstić information content (AvgIpc) is 2.78. The Morgan fingerprint density at radius 2 is 1.66 bits per heavy atom. The molecule has 6 nitrogen and oxygen atoms in total. The summed E-state index contributed by atoms with van der Waals surface area (Å²) in [6.07, 6.45) is 1.51. The van der Waals surface area contributed by atoms with Crippen LogP contribution in [-0.2, 0) is 16.2 Å². The van der Waals surface area contributed by atoms with Crippen molar-refractivity contribution in [1.29, 1.82) is 0 Å². The van der Waals surface area contributed by atoms with E-state index in [1.807, 2.05) is 36.4 Å². The zero-order valence-electron chi connectivity index (χ0n) is 17.1. The molecular formula is C24H21Cl2N3O3. The Morgan fingerprint density at radius 3 is 2.47 bits per heavy atom. The van der Waals surface area contributed by atoms with Crippen LogP contribution < -0.4 is 15.5 Å². The maximum absolute atomic E-state index is 12.0. The number of ether oxygens (including phenoxy) is 1. The van der Waals surface area contributed by atoms with Crippen LogP contribution in [0.3, 0.4) is 0 Å². The molecule has 0 spiro atoms. The molecule has 2 amide bonds. The molecule has 0 saturated heterocycles. The molecule has 32 heavy (non-hydrogen) atoms. The first-order valence-electron chi connectivity index (χ1n) is 9.84. The molecular weight excluding hydrogens is 449 g/mol. The van der Waals surface area contributed by atoms with E-state index in [9.17, 15) is 9.59 Å². The standard InChI is InChI=1S/C24H21Cl2N3O3/c25-19-8-5-9-20(14-19)28-23(30)12-13-24(31)29-27-15-17-6-2-4-11-22(17)32-16-18-7-1-3-10-21(18)26/h1-11,14-15H,12-13,16H2,(H,28,30)(H,29,31). The van der Waals surface area contributed by atoms with Gasteiger partial charge >= 0.3 is 0 Å². The summed E-state index contributed by atoms with van der Waals surface area (Å²) in [6.45, 7) is 0.304. The van der Waals surface area contributed by atoms with Crippen LogP contribution in [-0.4, -0.2) is 18.0 Å². The van der Waals surface area contributed by atoms with Crippen molar-refractivity contribution in [2.45, 2.75) is 19.4 Å². The van der Waals surface area contributed by atoms with Gasteiger partial charge in [-0.2, -0.15) is 5.10 Å². The minimum atomic E-state index is -0.378. The third kappa shape index (κ3) is 7.41. The molecule has 0 radical (unpaired) electrons. The number of nitrogens with zero attached hydrogens (tertiary/aromatic N) is 1. The zero-order valence-corrected chi connectivity index (χ0v) is 18.6. The zero-order chi connectivity index (χ0) is 22.8. The van der Waals surface area contributed by atoms with E-state index in [0.29, 0.717) is 33.7 Å². The highest BCUT2D eigenvalue weighted by Crippen LogP contribution is 2.21. The SMILES string of the molecule is O=C(CCC(=O)Nc1cccc(Cl)c1)NN=Cc1ccccc1OCc1ccccc1Cl. The summed E-state index contributed by atoms with van der Waals surface area (Å²) in [4.78, 5) is 24.0. The number of hydrogen-bond donors (Lipinski definition) is 2. The Kier molecular flexibility index (Phi) is 8.66. The fourth-order valence-electron chi connectivity index (χ4n) is 2.74. The third-order valence-corrected chi connectivity index (χ3v) is 4.94. The molecule has 0 aliphatic heterocycles. The summed E-state index contributed by atoms with van der Waals surface area (Å²) in [7, 11) is 0. The number of rotatable bonds is 9. The summed E-state index contributed by atoms with van der Waals surface area (Å²) >= 11 is 12.1. The number of amides is 2. The van der Waals surface area contributed by atoms with Crippen molar-refractivity contribution in [1.82, 2.24) is 5.43 Å². The minimum absolute atomic E-state index is 0.00556. The summed E-state index contributed by atoms with van der Waals surface area (Å²) in [6, 6.07) is 21.5. The molecule has 0 fully saturated rings. The fourth-order valence-corrected chi connectivity index (χ4v) is 3.12. The molecule has 0 aromatic heterocycles. The molecule has 3 aromatic rings. The molecule has 0 saturated carbocycles. The van der Waals surface area contributed by atoms with Crippen molar-refractivity contribution < 1.29 is 14.3 Å². The van der Waals surface area contributed by atoms with Gasteiger partial charge in [0.05, 0.1) is 6.21 Å². The fraction of sp³-hybridized carbons (Fsp3) is 0.125. The van der Waals surface area contributed by atoms with Crippen molar-refractivity contribution in [2.75, 3.05) is 5.32 Å². The number of hydrogen-bond acceptors (Lipinski definition) is 4. The minimum Gasteiger partial charge on any atom is -0.488 e. The number of benzene rings is 3. The van der Waals surface area contributed by atoms with Gasteiger partial charge < -0.3 is 10.1 Å². The third-order valence-electron chi connectivity index (χ3n) is 4.34. The average molecular weight is 470 g/mol. The molecule has 2 N–H and O–H groups in total. The van der Waals surface area contributed by atoms with Gasteiger partial charge in [0.1, 0.15) is 12.4 Å². The van der Waals surface area contributed by atoms with Crippen molar-refractivity contribution in [3.8, 4) is 5.75 Å². The number of para-hydroxylation sites is 1. The first-order valence-corrected chi connectivity index (χ1v) is 10.6. The normalized spacial score (nSPS) is 10.7. The highest BCUT2D eigenvalue weighted by molar-refractivity contribution is 6.31. The Hall–Kier alpha value is -3.35. The lowest BCUT2D eigenvalue weighted by atomic mass is 10.2. The van der Waals surface area contributed by atoms with Crippen molar-refractivity contribution in [3.05, 3.63) is 94.0 Å². The van der Waals surface area contributed by atoms with Gasteiger partial charge in [0.2, 0.25) is 11.8 Å². The Bertz CT molecular complexity index is 1120. The van der Waals surface area contributed by atoms with Gasteiger partial charge in [0.15, 0.2) is 0 Å². The van der Waals surface area contributed by atoms with Gasteiger partial charge in [-0.3, -0.25) is 9.59 Å². The molecule has 0 bridgehead atoms. The van der Waals surface area contributed by atoms with Crippen LogP contribution in [0.25, 0.3) is 0 Å². The molecule has 0 heterocycles. The van der Waals surface area contributed by atoms with E-state index in [2.05, 4.69) is 15.8 Å². The van der Waals surface area contributed by atoms with E-state index >= 15 is 0 Å². The largest absolute Gasteiger partial charge is 0.488 e. The van der Waals surface area contributed by atoms with Crippen LogP contribution in [0, 0.1) is 0 Å². The highest BCUT2D eigenvalue weighted by atomic mass is 35.5. The second-order valence-corrected chi connectivity index (χ2v) is 7.61. The lowest BCUT2D eigenvalue weighted by molar-refractivity contribution is -0.124. The van der Waals surface area contributed by atoms with E-state index in [1.54, 1.807) is 36.4 Å². The van der Waals surface area contributed by atoms with E-state index < -0.39 is 0 Å². The molecule has 0 atom stereocenters. The predicted molar refractivity (Wildman–Crippen MR) is 127 cm³/mol. The monoisotopic (exact) mass is 469 g/mol. The summed E-state index contributed by atoms with van der Waals surface area (Å²) < 4.78 is 5.85. The second kappa shape index (κ2) is 11.9. The van der Waals surface area contributed by atoms with E-state index in [1.165, 1.54) is 6.21 Å². The van der Waals surface area contributed by atoms with Gasteiger partial charge in [-0.05, 0) is 36.4 Å². The first-order chi connectivity index (χ1) is 15.5.